The number of methoxy groups -OCH3 is 1. The Balaban J connectivity index is 1.81. The third-order valence-corrected chi connectivity index (χ3v) is 6.69. The van der Waals surface area contributed by atoms with Crippen molar-refractivity contribution < 1.29 is 24.1 Å². The number of phenols is 1. The number of benzene rings is 2. The number of ether oxygens (including phenoxy) is 3. The molecule has 1 aliphatic rings. The van der Waals surface area contributed by atoms with Gasteiger partial charge >= 0.3 is 0 Å². The molecule has 0 fully saturated rings. The number of phenolic OH excluding ortho intramolecular Hbond substituents is 1. The van der Waals surface area contributed by atoms with Gasteiger partial charge in [0.2, 0.25) is 0 Å². The van der Waals surface area contributed by atoms with Crippen molar-refractivity contribution in [3.05, 3.63) is 58.3 Å². The third-order valence-electron chi connectivity index (χ3n) is 6.69. The van der Waals surface area contributed by atoms with Crippen LogP contribution in [0.2, 0.25) is 0 Å². The molecule has 4 rings (SSSR count). The normalized spacial score (nSPS) is 14.8. The standard InChI is InChI=1S/C29H37N3O5/c1-6-8-9-13-37-22-11-10-20(17-23(22)36-7-2)27-24-25(21-16-18(3)15-19(4)28(21)33)30-31-26(24)29(34)32(27)12-14-35-5/h10-11,15-17,27,33H,6-9,12-14H2,1-5H3,(H,30,31). The Bertz CT molecular complexity index is 1250. The number of carbonyl (C=O) groups is 1. The summed E-state index contributed by atoms with van der Waals surface area (Å²) in [4.78, 5) is 15.3. The summed E-state index contributed by atoms with van der Waals surface area (Å²) in [5, 5.41) is 18.4. The van der Waals surface area contributed by atoms with Crippen molar-refractivity contribution in [3.63, 3.8) is 0 Å². The van der Waals surface area contributed by atoms with E-state index in [-0.39, 0.29) is 11.7 Å². The van der Waals surface area contributed by atoms with Crippen molar-refractivity contribution in [2.75, 3.05) is 33.5 Å². The number of nitrogens with one attached hydrogen (secondary N) is 1. The summed E-state index contributed by atoms with van der Waals surface area (Å²) in [6.07, 6.45) is 3.21. The van der Waals surface area contributed by atoms with Crippen LogP contribution < -0.4 is 9.47 Å². The van der Waals surface area contributed by atoms with Crippen molar-refractivity contribution in [1.82, 2.24) is 15.1 Å². The lowest BCUT2D eigenvalue weighted by molar-refractivity contribution is 0.0677. The molecule has 198 valence electrons. The van der Waals surface area contributed by atoms with E-state index in [9.17, 15) is 9.90 Å². The molecule has 0 aliphatic carbocycles. The Morgan fingerprint density at radius 1 is 1.05 bits per heavy atom. The molecule has 0 bridgehead atoms. The van der Waals surface area contributed by atoms with Gasteiger partial charge in [-0.05, 0) is 62.1 Å². The summed E-state index contributed by atoms with van der Waals surface area (Å²) in [5.74, 6) is 1.34. The molecule has 37 heavy (non-hydrogen) atoms. The Morgan fingerprint density at radius 3 is 2.59 bits per heavy atom. The average molecular weight is 508 g/mol. The van der Waals surface area contributed by atoms with E-state index >= 15 is 0 Å². The van der Waals surface area contributed by atoms with Crippen LogP contribution in [0.5, 0.6) is 17.2 Å². The highest BCUT2D eigenvalue weighted by molar-refractivity contribution is 6.00. The monoisotopic (exact) mass is 507 g/mol. The molecule has 0 saturated carbocycles. The van der Waals surface area contributed by atoms with Gasteiger partial charge in [0.1, 0.15) is 17.1 Å². The van der Waals surface area contributed by atoms with Gasteiger partial charge in [0.05, 0.1) is 25.9 Å². The molecule has 8 nitrogen and oxygen atoms in total. The molecule has 1 atom stereocenters. The first-order chi connectivity index (χ1) is 17.9. The predicted molar refractivity (Wildman–Crippen MR) is 143 cm³/mol. The second kappa shape index (κ2) is 11.7. The number of rotatable bonds is 12. The smallest absolute Gasteiger partial charge is 0.273 e. The fourth-order valence-corrected chi connectivity index (χ4v) is 4.93. The summed E-state index contributed by atoms with van der Waals surface area (Å²) >= 11 is 0. The number of aryl methyl sites for hydroxylation is 2. The number of hydrogen-bond acceptors (Lipinski definition) is 6. The van der Waals surface area contributed by atoms with Crippen LogP contribution in [0.3, 0.4) is 0 Å². The molecule has 2 aromatic carbocycles. The number of H-pyrrole nitrogens is 1. The van der Waals surface area contributed by atoms with Gasteiger partial charge in [-0.1, -0.05) is 31.9 Å². The van der Waals surface area contributed by atoms with Gasteiger partial charge in [-0.3, -0.25) is 9.89 Å². The van der Waals surface area contributed by atoms with Gasteiger partial charge in [-0.15, -0.1) is 0 Å². The maximum Gasteiger partial charge on any atom is 0.273 e. The van der Waals surface area contributed by atoms with Gasteiger partial charge in [-0.2, -0.15) is 5.10 Å². The van der Waals surface area contributed by atoms with E-state index in [1.54, 1.807) is 12.0 Å². The lowest BCUT2D eigenvalue weighted by Crippen LogP contribution is -2.32. The molecule has 2 N–H and O–H groups in total. The quantitative estimate of drug-likeness (QED) is 0.312. The second-order valence-electron chi connectivity index (χ2n) is 9.43. The highest BCUT2D eigenvalue weighted by Crippen LogP contribution is 2.46. The first-order valence-electron chi connectivity index (χ1n) is 13.0. The minimum Gasteiger partial charge on any atom is -0.507 e. The number of aromatic hydroxyl groups is 1. The number of amides is 1. The molecule has 0 spiro atoms. The Kier molecular flexibility index (Phi) is 8.38. The lowest BCUT2D eigenvalue weighted by Gasteiger charge is -2.27. The zero-order valence-corrected chi connectivity index (χ0v) is 22.4. The highest BCUT2D eigenvalue weighted by atomic mass is 16.5. The minimum absolute atomic E-state index is 0.155. The lowest BCUT2D eigenvalue weighted by atomic mass is 9.94. The number of fused-ring (bicyclic) bond motifs is 1. The highest BCUT2D eigenvalue weighted by Gasteiger charge is 2.42. The molecule has 1 unspecified atom stereocenters. The van der Waals surface area contributed by atoms with Crippen LogP contribution in [-0.4, -0.2) is 59.6 Å². The summed E-state index contributed by atoms with van der Waals surface area (Å²) in [7, 11) is 1.62. The summed E-state index contributed by atoms with van der Waals surface area (Å²) in [6, 6.07) is 9.23. The van der Waals surface area contributed by atoms with Crippen LogP contribution >= 0.6 is 0 Å². The fourth-order valence-electron chi connectivity index (χ4n) is 4.93. The van der Waals surface area contributed by atoms with Crippen molar-refractivity contribution in [2.45, 2.75) is 53.0 Å². The molecular weight excluding hydrogens is 470 g/mol. The van der Waals surface area contributed by atoms with E-state index in [1.807, 2.05) is 51.1 Å². The van der Waals surface area contributed by atoms with Crippen molar-refractivity contribution in [1.29, 1.82) is 0 Å². The Morgan fingerprint density at radius 2 is 1.86 bits per heavy atom. The van der Waals surface area contributed by atoms with Gasteiger partial charge in [0.25, 0.3) is 5.91 Å². The van der Waals surface area contributed by atoms with Crippen molar-refractivity contribution in [2.24, 2.45) is 0 Å². The van der Waals surface area contributed by atoms with Crippen molar-refractivity contribution in [3.8, 4) is 28.5 Å². The number of carbonyl (C=O) groups excluding carboxylic acids is 1. The van der Waals surface area contributed by atoms with Crippen LogP contribution in [0.15, 0.2) is 30.3 Å². The Labute approximate surface area is 218 Å². The fraction of sp³-hybridized carbons (Fsp3) is 0.448. The SMILES string of the molecule is CCCCCOc1ccc(C2c3c(-c4cc(C)cc(C)c4O)n[nH]c3C(=O)N2CCOC)cc1OCC. The van der Waals surface area contributed by atoms with E-state index in [2.05, 4.69) is 17.1 Å². The maximum atomic E-state index is 13.5. The van der Waals surface area contributed by atoms with Crippen LogP contribution in [0.4, 0.5) is 0 Å². The second-order valence-corrected chi connectivity index (χ2v) is 9.43. The number of aromatic amines is 1. The third kappa shape index (κ3) is 5.30. The molecule has 1 amide bonds. The van der Waals surface area contributed by atoms with Crippen LogP contribution in [-0.2, 0) is 4.74 Å². The number of hydrogen-bond donors (Lipinski definition) is 2. The first-order valence-corrected chi connectivity index (χ1v) is 13.0. The van der Waals surface area contributed by atoms with Crippen molar-refractivity contribution >= 4 is 5.91 Å². The molecule has 8 heteroatoms. The molecule has 0 saturated heterocycles. The maximum absolute atomic E-state index is 13.5. The average Bonchev–Trinajstić information content (AvgIpc) is 3.42. The molecular formula is C29H37N3O5. The number of unbranched alkanes of at least 4 members (excludes halogenated alkanes) is 2. The first kappa shape index (κ1) is 26.5. The zero-order chi connectivity index (χ0) is 26.5. The number of nitrogens with zero attached hydrogens (tertiary/aromatic N) is 2. The summed E-state index contributed by atoms with van der Waals surface area (Å²) in [5.41, 5.74) is 4.96. The molecule has 0 radical (unpaired) electrons. The van der Waals surface area contributed by atoms with Gasteiger partial charge in [-0.25, -0.2) is 0 Å². The van der Waals surface area contributed by atoms with E-state index in [0.29, 0.717) is 54.8 Å². The van der Waals surface area contributed by atoms with Crippen LogP contribution in [0, 0.1) is 13.8 Å². The molecule has 2 heterocycles. The van der Waals surface area contributed by atoms with E-state index < -0.39 is 6.04 Å². The molecule has 1 aromatic heterocycles. The van der Waals surface area contributed by atoms with Crippen LogP contribution in [0.25, 0.3) is 11.3 Å². The van der Waals surface area contributed by atoms with Gasteiger partial charge in [0, 0.05) is 24.8 Å². The van der Waals surface area contributed by atoms with E-state index in [1.165, 1.54) is 0 Å². The van der Waals surface area contributed by atoms with E-state index in [4.69, 9.17) is 14.2 Å². The topological polar surface area (TPSA) is 96.9 Å². The molecule has 1 aliphatic heterocycles. The Hall–Kier alpha value is -3.52. The van der Waals surface area contributed by atoms with Gasteiger partial charge < -0.3 is 24.2 Å². The zero-order valence-electron chi connectivity index (χ0n) is 22.4. The number of aromatic nitrogens is 2. The largest absolute Gasteiger partial charge is 0.507 e. The summed E-state index contributed by atoms with van der Waals surface area (Å²) < 4.78 is 17.3. The van der Waals surface area contributed by atoms with Gasteiger partial charge in [0.15, 0.2) is 11.5 Å². The van der Waals surface area contributed by atoms with Crippen LogP contribution in [0.1, 0.15) is 71.9 Å². The summed E-state index contributed by atoms with van der Waals surface area (Å²) in [6.45, 7) is 9.84. The molecule has 3 aromatic rings. The van der Waals surface area contributed by atoms with E-state index in [0.717, 1.165) is 41.5 Å². The predicted octanol–water partition coefficient (Wildman–Crippen LogP) is 5.56. The minimum atomic E-state index is -0.431.